The van der Waals surface area contributed by atoms with Gasteiger partial charge in [0.15, 0.2) is 0 Å². The summed E-state index contributed by atoms with van der Waals surface area (Å²) in [7, 11) is 1.74. The molecule has 0 unspecified atom stereocenters. The third-order valence-electron chi connectivity index (χ3n) is 4.96. The first-order valence-corrected chi connectivity index (χ1v) is 10.9. The second kappa shape index (κ2) is 9.12. The zero-order valence-corrected chi connectivity index (χ0v) is 18.7. The summed E-state index contributed by atoms with van der Waals surface area (Å²) in [5.74, 6) is -0.100. The molecule has 1 aromatic carbocycles. The van der Waals surface area contributed by atoms with Crippen molar-refractivity contribution < 1.29 is 18.7 Å². The molecule has 0 spiro atoms. The van der Waals surface area contributed by atoms with Crippen molar-refractivity contribution in [2.24, 2.45) is 5.92 Å². The van der Waals surface area contributed by atoms with E-state index in [1.165, 1.54) is 23.6 Å². The van der Waals surface area contributed by atoms with Gasteiger partial charge >= 0.3 is 6.09 Å². The average Bonchev–Trinajstić information content (AvgIpc) is 3.17. The van der Waals surface area contributed by atoms with Crippen molar-refractivity contribution in [2.45, 2.75) is 39.2 Å². The van der Waals surface area contributed by atoms with Crippen LogP contribution in [0, 0.1) is 11.7 Å². The number of piperidine rings is 1. The van der Waals surface area contributed by atoms with Crippen molar-refractivity contribution in [2.75, 3.05) is 26.7 Å². The lowest BCUT2D eigenvalue weighted by molar-refractivity contribution is 0.0246. The van der Waals surface area contributed by atoms with Crippen LogP contribution in [-0.4, -0.2) is 59.1 Å². The van der Waals surface area contributed by atoms with Gasteiger partial charge in [0.25, 0.3) is 5.91 Å². The monoisotopic (exact) mass is 433 g/mol. The Morgan fingerprint density at radius 1 is 1.27 bits per heavy atom. The van der Waals surface area contributed by atoms with Gasteiger partial charge in [-0.2, -0.15) is 0 Å². The van der Waals surface area contributed by atoms with E-state index in [1.54, 1.807) is 30.1 Å². The number of carbonyl (C=O) groups excluding carboxylic acids is 2. The van der Waals surface area contributed by atoms with Crippen LogP contribution < -0.4 is 0 Å². The van der Waals surface area contributed by atoms with E-state index in [0.29, 0.717) is 41.0 Å². The summed E-state index contributed by atoms with van der Waals surface area (Å²) in [6.45, 7) is 7.39. The standard InChI is InChI=1S/C22H28FN3O3S/c1-22(2,3)29-21(28)25(4)14-15-9-11-26(12-10-15)20(27)18-13-24-19(30-18)16-7-5-6-8-17(16)23/h5-8,13,15H,9-12,14H2,1-4H3. The van der Waals surface area contributed by atoms with E-state index in [9.17, 15) is 14.0 Å². The molecule has 1 fully saturated rings. The molecule has 1 aromatic heterocycles. The van der Waals surface area contributed by atoms with Gasteiger partial charge < -0.3 is 14.5 Å². The van der Waals surface area contributed by atoms with Crippen LogP contribution in [0.25, 0.3) is 10.6 Å². The molecule has 8 heteroatoms. The molecular weight excluding hydrogens is 405 g/mol. The number of amides is 2. The molecular formula is C22H28FN3O3S. The first kappa shape index (κ1) is 22.2. The number of likely N-dealkylation sites (tertiary alicyclic amines) is 1. The van der Waals surface area contributed by atoms with Crippen LogP contribution in [0.2, 0.25) is 0 Å². The summed E-state index contributed by atoms with van der Waals surface area (Å²) in [4.78, 5) is 33.1. The Hall–Kier alpha value is -2.48. The molecule has 0 radical (unpaired) electrons. The number of hydrogen-bond donors (Lipinski definition) is 0. The number of ether oxygens (including phenoxy) is 1. The van der Waals surface area contributed by atoms with E-state index in [0.717, 1.165) is 12.8 Å². The van der Waals surface area contributed by atoms with Crippen LogP contribution in [0.5, 0.6) is 0 Å². The topological polar surface area (TPSA) is 62.7 Å². The van der Waals surface area contributed by atoms with E-state index in [4.69, 9.17) is 4.74 Å². The van der Waals surface area contributed by atoms with Crippen molar-refractivity contribution in [1.29, 1.82) is 0 Å². The number of halogens is 1. The van der Waals surface area contributed by atoms with Gasteiger partial charge in [-0.25, -0.2) is 14.2 Å². The summed E-state index contributed by atoms with van der Waals surface area (Å²) in [5, 5.41) is 0.505. The molecule has 0 N–H and O–H groups in total. The zero-order valence-electron chi connectivity index (χ0n) is 17.9. The molecule has 0 aliphatic carbocycles. The summed E-state index contributed by atoms with van der Waals surface area (Å²) >= 11 is 1.21. The lowest BCUT2D eigenvalue weighted by Gasteiger charge is -2.34. The molecule has 162 valence electrons. The van der Waals surface area contributed by atoms with Crippen LogP contribution in [0.4, 0.5) is 9.18 Å². The average molecular weight is 434 g/mol. The number of nitrogens with zero attached hydrogens (tertiary/aromatic N) is 3. The van der Waals surface area contributed by atoms with Gasteiger partial charge in [-0.15, -0.1) is 11.3 Å². The number of carbonyl (C=O) groups is 2. The highest BCUT2D eigenvalue weighted by molar-refractivity contribution is 7.16. The lowest BCUT2D eigenvalue weighted by atomic mass is 9.96. The Labute approximate surface area is 180 Å². The van der Waals surface area contributed by atoms with Gasteiger partial charge in [0, 0.05) is 32.2 Å². The number of rotatable bonds is 4. The predicted octanol–water partition coefficient (Wildman–Crippen LogP) is 4.67. The molecule has 1 aliphatic heterocycles. The highest BCUT2D eigenvalue weighted by Gasteiger charge is 2.28. The second-order valence-electron chi connectivity index (χ2n) is 8.61. The minimum absolute atomic E-state index is 0.0750. The molecule has 30 heavy (non-hydrogen) atoms. The Bertz CT molecular complexity index is 901. The number of thiazole rings is 1. The largest absolute Gasteiger partial charge is 0.444 e. The van der Waals surface area contributed by atoms with E-state index < -0.39 is 5.60 Å². The van der Waals surface area contributed by atoms with Gasteiger partial charge in [-0.05, 0) is 51.7 Å². The van der Waals surface area contributed by atoms with Crippen LogP contribution in [0.1, 0.15) is 43.3 Å². The fourth-order valence-corrected chi connectivity index (χ4v) is 4.32. The fraction of sp³-hybridized carbons (Fsp3) is 0.500. The van der Waals surface area contributed by atoms with E-state index in [-0.39, 0.29) is 17.8 Å². The molecule has 1 saturated heterocycles. The lowest BCUT2D eigenvalue weighted by Crippen LogP contribution is -2.42. The molecule has 3 rings (SSSR count). The second-order valence-corrected chi connectivity index (χ2v) is 9.64. The van der Waals surface area contributed by atoms with Gasteiger partial charge in [-0.1, -0.05) is 12.1 Å². The molecule has 2 heterocycles. The van der Waals surface area contributed by atoms with E-state index in [1.807, 2.05) is 25.7 Å². The minimum atomic E-state index is -0.516. The fourth-order valence-electron chi connectivity index (χ4n) is 3.41. The zero-order chi connectivity index (χ0) is 21.9. The van der Waals surface area contributed by atoms with Crippen molar-refractivity contribution in [3.63, 3.8) is 0 Å². The Balaban J connectivity index is 1.54. The van der Waals surface area contributed by atoms with E-state index in [2.05, 4.69) is 4.98 Å². The molecule has 0 atom stereocenters. The Morgan fingerprint density at radius 3 is 2.57 bits per heavy atom. The molecule has 0 saturated carbocycles. The summed E-state index contributed by atoms with van der Waals surface area (Å²) in [6.07, 6.45) is 2.83. The maximum absolute atomic E-state index is 14.0. The van der Waals surface area contributed by atoms with Crippen molar-refractivity contribution in [3.8, 4) is 10.6 Å². The summed E-state index contributed by atoms with van der Waals surface area (Å²) < 4.78 is 19.4. The summed E-state index contributed by atoms with van der Waals surface area (Å²) in [5.41, 5.74) is -0.109. The molecule has 2 aromatic rings. The van der Waals surface area contributed by atoms with Crippen LogP contribution in [-0.2, 0) is 4.74 Å². The van der Waals surface area contributed by atoms with Crippen LogP contribution >= 0.6 is 11.3 Å². The van der Waals surface area contributed by atoms with Crippen LogP contribution in [0.15, 0.2) is 30.5 Å². The highest BCUT2D eigenvalue weighted by atomic mass is 32.1. The minimum Gasteiger partial charge on any atom is -0.444 e. The van der Waals surface area contributed by atoms with Crippen LogP contribution in [0.3, 0.4) is 0 Å². The maximum Gasteiger partial charge on any atom is 0.410 e. The van der Waals surface area contributed by atoms with Crippen molar-refractivity contribution >= 4 is 23.3 Å². The number of benzene rings is 1. The molecule has 1 aliphatic rings. The first-order chi connectivity index (χ1) is 14.1. The van der Waals surface area contributed by atoms with Gasteiger partial charge in [0.2, 0.25) is 0 Å². The molecule has 0 bridgehead atoms. The SMILES string of the molecule is CN(CC1CCN(C(=O)c2cnc(-c3ccccc3F)s2)CC1)C(=O)OC(C)(C)C. The number of aromatic nitrogens is 1. The van der Waals surface area contributed by atoms with E-state index >= 15 is 0 Å². The molecule has 2 amide bonds. The van der Waals surface area contributed by atoms with Crippen molar-refractivity contribution in [3.05, 3.63) is 41.2 Å². The quantitative estimate of drug-likeness (QED) is 0.703. The third kappa shape index (κ3) is 5.56. The highest BCUT2D eigenvalue weighted by Crippen LogP contribution is 2.29. The Kier molecular flexibility index (Phi) is 6.75. The predicted molar refractivity (Wildman–Crippen MR) is 115 cm³/mol. The van der Waals surface area contributed by atoms with Crippen molar-refractivity contribution in [1.82, 2.24) is 14.8 Å². The maximum atomic E-state index is 14.0. The van der Waals surface area contributed by atoms with Gasteiger partial charge in [0.05, 0.1) is 6.20 Å². The van der Waals surface area contributed by atoms with Gasteiger partial charge in [0.1, 0.15) is 21.3 Å². The molecule has 6 nitrogen and oxygen atoms in total. The third-order valence-corrected chi connectivity index (χ3v) is 5.98. The smallest absolute Gasteiger partial charge is 0.410 e. The first-order valence-electron chi connectivity index (χ1n) is 10.1. The summed E-state index contributed by atoms with van der Waals surface area (Å²) in [6, 6.07) is 6.43. The Morgan fingerprint density at radius 2 is 1.93 bits per heavy atom. The van der Waals surface area contributed by atoms with Gasteiger partial charge in [-0.3, -0.25) is 4.79 Å². The number of hydrogen-bond acceptors (Lipinski definition) is 5. The normalized spacial score (nSPS) is 15.2.